The van der Waals surface area contributed by atoms with Crippen LogP contribution in [0.2, 0.25) is 5.02 Å². The van der Waals surface area contributed by atoms with E-state index in [9.17, 15) is 18.0 Å². The normalized spacial score (nSPS) is 13.9. The fraction of sp³-hybridized carbons (Fsp3) is 0.280. The molecule has 0 aliphatic carbocycles. The van der Waals surface area contributed by atoms with Crippen molar-refractivity contribution >= 4 is 29.0 Å². The highest BCUT2D eigenvalue weighted by Crippen LogP contribution is 2.35. The molecule has 5 rings (SSSR count). The highest BCUT2D eigenvalue weighted by Gasteiger charge is 2.23. The van der Waals surface area contributed by atoms with E-state index in [1.165, 1.54) is 6.20 Å². The van der Waals surface area contributed by atoms with Crippen molar-refractivity contribution < 1.29 is 18.0 Å². The van der Waals surface area contributed by atoms with E-state index in [0.29, 0.717) is 5.69 Å². The summed E-state index contributed by atoms with van der Waals surface area (Å²) in [6, 6.07) is 1.79. The zero-order valence-electron chi connectivity index (χ0n) is 20.4. The number of amides is 1. The zero-order valence-corrected chi connectivity index (χ0v) is 21.1. The van der Waals surface area contributed by atoms with Crippen molar-refractivity contribution in [2.24, 2.45) is 0 Å². The predicted octanol–water partition coefficient (Wildman–Crippen LogP) is 5.24. The van der Waals surface area contributed by atoms with Gasteiger partial charge in [-0.15, -0.1) is 0 Å². The molecule has 1 aromatic carbocycles. The molecule has 13 heteroatoms. The lowest BCUT2D eigenvalue weighted by molar-refractivity contribution is 0.102. The first-order valence-electron chi connectivity index (χ1n) is 11.8. The van der Waals surface area contributed by atoms with Gasteiger partial charge in [-0.1, -0.05) is 17.7 Å². The molecule has 0 bridgehead atoms. The number of hydrogen-bond acceptors (Lipinski definition) is 7. The first-order chi connectivity index (χ1) is 18.2. The van der Waals surface area contributed by atoms with E-state index < -0.39 is 29.3 Å². The van der Waals surface area contributed by atoms with Crippen molar-refractivity contribution in [2.75, 3.05) is 23.3 Å². The van der Waals surface area contributed by atoms with Gasteiger partial charge in [0.15, 0.2) is 5.82 Å². The van der Waals surface area contributed by atoms with Gasteiger partial charge in [0, 0.05) is 30.4 Å². The molecular weight excluding hydrogens is 521 g/mol. The van der Waals surface area contributed by atoms with Crippen LogP contribution in [0.25, 0.3) is 11.3 Å². The van der Waals surface area contributed by atoms with Crippen LogP contribution in [0.5, 0.6) is 0 Å². The molecule has 196 valence electrons. The average Bonchev–Trinajstić information content (AvgIpc) is 3.32. The van der Waals surface area contributed by atoms with Crippen LogP contribution in [0.3, 0.4) is 0 Å². The van der Waals surface area contributed by atoms with E-state index in [1.807, 2.05) is 13.8 Å². The maximum Gasteiger partial charge on any atom is 0.275 e. The van der Waals surface area contributed by atoms with Crippen molar-refractivity contribution in [1.82, 2.24) is 29.7 Å². The van der Waals surface area contributed by atoms with Crippen LogP contribution in [0.4, 0.5) is 24.7 Å². The molecule has 0 unspecified atom stereocenters. The maximum absolute atomic E-state index is 14.7. The first kappa shape index (κ1) is 25.6. The Morgan fingerprint density at radius 2 is 1.92 bits per heavy atom. The molecule has 1 saturated heterocycles. The Balaban J connectivity index is 1.34. The quantitative estimate of drug-likeness (QED) is 0.341. The number of hydrogen-bond donors (Lipinski definition) is 1. The summed E-state index contributed by atoms with van der Waals surface area (Å²) in [6.07, 6.45) is 5.22. The van der Waals surface area contributed by atoms with Crippen LogP contribution in [0.1, 0.15) is 53.3 Å². The number of anilines is 2. The van der Waals surface area contributed by atoms with E-state index >= 15 is 0 Å². The van der Waals surface area contributed by atoms with E-state index in [0.717, 1.165) is 61.2 Å². The lowest BCUT2D eigenvalue weighted by Gasteiger charge is -2.32. The SMILES string of the molecule is Cc1nc(N2CCC2)cnc1[C@H](C)n1cc(NC(=O)c2cncc(-c3c(C(F)F)ccc(Cl)c3F)n2)cn1. The Bertz CT molecular complexity index is 1510. The molecule has 38 heavy (non-hydrogen) atoms. The number of carbonyl (C=O) groups is 1. The largest absolute Gasteiger partial charge is 0.355 e. The summed E-state index contributed by atoms with van der Waals surface area (Å²) >= 11 is 5.80. The van der Waals surface area contributed by atoms with Gasteiger partial charge in [-0.3, -0.25) is 19.4 Å². The number of aromatic nitrogens is 6. The van der Waals surface area contributed by atoms with E-state index in [-0.39, 0.29) is 22.5 Å². The summed E-state index contributed by atoms with van der Waals surface area (Å²) in [7, 11) is 0. The molecule has 1 aliphatic rings. The van der Waals surface area contributed by atoms with E-state index in [2.05, 4.69) is 35.3 Å². The number of aryl methyl sites for hydroxylation is 1. The van der Waals surface area contributed by atoms with Crippen LogP contribution >= 0.6 is 11.6 Å². The Labute approximate surface area is 220 Å². The number of alkyl halides is 2. The summed E-state index contributed by atoms with van der Waals surface area (Å²) in [5, 5.41) is 6.62. The van der Waals surface area contributed by atoms with Gasteiger partial charge in [0.05, 0.1) is 58.6 Å². The molecule has 0 radical (unpaired) electrons. The van der Waals surface area contributed by atoms with Gasteiger partial charge in [-0.2, -0.15) is 5.10 Å². The summed E-state index contributed by atoms with van der Waals surface area (Å²) in [5.41, 5.74) is 0.329. The third-order valence-electron chi connectivity index (χ3n) is 6.29. The first-order valence-corrected chi connectivity index (χ1v) is 12.1. The summed E-state index contributed by atoms with van der Waals surface area (Å²) in [4.78, 5) is 32.2. The van der Waals surface area contributed by atoms with Gasteiger partial charge in [0.1, 0.15) is 11.5 Å². The minimum absolute atomic E-state index is 0.203. The van der Waals surface area contributed by atoms with Gasteiger partial charge < -0.3 is 10.2 Å². The number of halogens is 4. The summed E-state index contributed by atoms with van der Waals surface area (Å²) < 4.78 is 43.3. The molecular formula is C25H22ClF3N8O. The third-order valence-corrected chi connectivity index (χ3v) is 6.58. The second-order valence-corrected chi connectivity index (χ2v) is 9.20. The molecule has 1 amide bonds. The fourth-order valence-electron chi connectivity index (χ4n) is 4.12. The monoisotopic (exact) mass is 542 g/mol. The number of benzene rings is 1. The number of rotatable bonds is 7. The second-order valence-electron chi connectivity index (χ2n) is 8.79. The fourth-order valence-corrected chi connectivity index (χ4v) is 4.28. The lowest BCUT2D eigenvalue weighted by Crippen LogP contribution is -2.37. The average molecular weight is 543 g/mol. The Kier molecular flexibility index (Phi) is 6.98. The molecule has 3 aromatic heterocycles. The molecule has 0 spiro atoms. The van der Waals surface area contributed by atoms with Crippen molar-refractivity contribution in [3.05, 3.63) is 76.6 Å². The van der Waals surface area contributed by atoms with Crippen LogP contribution in [-0.4, -0.2) is 48.7 Å². The topological polar surface area (TPSA) is 102 Å². The molecule has 4 aromatic rings. The maximum atomic E-state index is 14.7. The third kappa shape index (κ3) is 4.91. The number of nitrogens with zero attached hydrogens (tertiary/aromatic N) is 7. The highest BCUT2D eigenvalue weighted by atomic mass is 35.5. The zero-order chi connectivity index (χ0) is 27.0. The number of nitrogens with one attached hydrogen (secondary N) is 1. The Morgan fingerprint density at radius 1 is 1.13 bits per heavy atom. The minimum atomic E-state index is -2.98. The van der Waals surface area contributed by atoms with Gasteiger partial charge in [0.2, 0.25) is 0 Å². The van der Waals surface area contributed by atoms with Gasteiger partial charge in [-0.25, -0.2) is 23.1 Å². The minimum Gasteiger partial charge on any atom is -0.355 e. The van der Waals surface area contributed by atoms with Crippen LogP contribution in [-0.2, 0) is 0 Å². The molecule has 1 atom stereocenters. The highest BCUT2D eigenvalue weighted by molar-refractivity contribution is 6.31. The smallest absolute Gasteiger partial charge is 0.275 e. The molecule has 4 heterocycles. The molecule has 1 N–H and O–H groups in total. The summed E-state index contributed by atoms with van der Waals surface area (Å²) in [6.45, 7) is 5.75. The summed E-state index contributed by atoms with van der Waals surface area (Å²) in [5.74, 6) is -0.898. The second kappa shape index (κ2) is 10.4. The van der Waals surface area contributed by atoms with Crippen LogP contribution in [0, 0.1) is 12.7 Å². The van der Waals surface area contributed by atoms with Crippen LogP contribution < -0.4 is 10.2 Å². The van der Waals surface area contributed by atoms with E-state index in [4.69, 9.17) is 11.6 Å². The standard InChI is InChI=1S/C25H22ClF3N8O/c1-13-23(31-11-20(33-13)36-6-3-7-36)14(2)37-12-15(8-32-37)34-25(38)19-10-30-9-18(35-19)21-16(24(28)29)4-5-17(26)22(21)27/h4-5,8-12,14,24H,3,6-7H2,1-2H3,(H,34,38)/t14-/m0/s1. The van der Waals surface area contributed by atoms with Gasteiger partial charge >= 0.3 is 0 Å². The van der Waals surface area contributed by atoms with Gasteiger partial charge in [0.25, 0.3) is 12.3 Å². The van der Waals surface area contributed by atoms with Crippen molar-refractivity contribution in [1.29, 1.82) is 0 Å². The van der Waals surface area contributed by atoms with Crippen molar-refractivity contribution in [2.45, 2.75) is 32.7 Å². The number of carbonyl (C=O) groups excluding carboxylic acids is 1. The van der Waals surface area contributed by atoms with Crippen molar-refractivity contribution in [3.8, 4) is 11.3 Å². The Morgan fingerprint density at radius 3 is 2.61 bits per heavy atom. The molecule has 1 aliphatic heterocycles. The molecule has 1 fully saturated rings. The van der Waals surface area contributed by atoms with Gasteiger partial charge in [-0.05, 0) is 26.3 Å². The van der Waals surface area contributed by atoms with E-state index in [1.54, 1.807) is 17.1 Å². The molecule has 9 nitrogen and oxygen atoms in total. The predicted molar refractivity (Wildman–Crippen MR) is 135 cm³/mol. The van der Waals surface area contributed by atoms with Crippen LogP contribution in [0.15, 0.2) is 43.1 Å². The Hall–Kier alpha value is -4.06. The van der Waals surface area contributed by atoms with Crippen molar-refractivity contribution in [3.63, 3.8) is 0 Å². The lowest BCUT2D eigenvalue weighted by atomic mass is 10.0. The molecule has 0 saturated carbocycles.